The molecule has 326 valence electrons. The normalized spacial score (nSPS) is 12.9. The molecule has 2 atom stereocenters. The Hall–Kier alpha value is -1.63. The quantitative estimate of drug-likeness (QED) is 0.0366. The van der Waals surface area contributed by atoms with Crippen LogP contribution in [0.5, 0.6) is 0 Å². The standard InChI is InChI=1S/C48H94N2O5/c1-7-9-10-11-12-13-14-15-16-17-18-19-20-24-27-30-33-36-39-42-45(51)49-46(8-2)55-48(54)50(5,6)44(47(52)53)41-38-35-32-29-26-23-21-22-25-28-31-34-37-40-43(3)4/h43-44,46H,7-42H2,1-6H3,(H-,49,51,52,53)/p+1. The number of ether oxygens (including phenoxy) is 1. The number of aliphatic carboxylic acids is 1. The maximum Gasteiger partial charge on any atom is 0.518 e. The van der Waals surface area contributed by atoms with Gasteiger partial charge in [0.1, 0.15) is 0 Å². The fourth-order valence-corrected chi connectivity index (χ4v) is 7.77. The first-order valence-corrected chi connectivity index (χ1v) is 24.1. The summed E-state index contributed by atoms with van der Waals surface area (Å²) >= 11 is 0. The second kappa shape index (κ2) is 37.9. The minimum atomic E-state index is -0.983. The van der Waals surface area contributed by atoms with Crippen molar-refractivity contribution in [1.29, 1.82) is 0 Å². The minimum Gasteiger partial charge on any atom is -0.477 e. The number of unbranched alkanes of at least 4 members (excludes halogenated alkanes) is 30. The topological polar surface area (TPSA) is 92.7 Å². The molecule has 0 aliphatic carbocycles. The minimum absolute atomic E-state index is 0.112. The Kier molecular flexibility index (Phi) is 36.8. The molecule has 0 fully saturated rings. The zero-order chi connectivity index (χ0) is 40.8. The third kappa shape index (κ3) is 33.1. The van der Waals surface area contributed by atoms with E-state index in [-0.39, 0.29) is 5.91 Å². The van der Waals surface area contributed by atoms with Crippen LogP contribution in [0.2, 0.25) is 0 Å². The van der Waals surface area contributed by atoms with Gasteiger partial charge in [0.05, 0.1) is 14.1 Å². The van der Waals surface area contributed by atoms with Gasteiger partial charge in [-0.15, -0.1) is 0 Å². The molecule has 0 rings (SSSR count). The van der Waals surface area contributed by atoms with Crippen molar-refractivity contribution in [2.75, 3.05) is 14.1 Å². The Balaban J connectivity index is 3.99. The van der Waals surface area contributed by atoms with Gasteiger partial charge in [0.15, 0.2) is 12.3 Å². The Morgan fingerprint density at radius 1 is 0.509 bits per heavy atom. The smallest absolute Gasteiger partial charge is 0.477 e. The third-order valence-corrected chi connectivity index (χ3v) is 11.7. The van der Waals surface area contributed by atoms with Gasteiger partial charge in [-0.2, -0.15) is 4.79 Å². The third-order valence-electron chi connectivity index (χ3n) is 11.7. The Morgan fingerprint density at radius 3 is 1.16 bits per heavy atom. The van der Waals surface area contributed by atoms with E-state index in [0.29, 0.717) is 19.3 Å². The number of amides is 2. The van der Waals surface area contributed by atoms with E-state index < -0.39 is 28.8 Å². The van der Waals surface area contributed by atoms with Crippen LogP contribution in [0.3, 0.4) is 0 Å². The number of hydrogen-bond donors (Lipinski definition) is 2. The van der Waals surface area contributed by atoms with Gasteiger partial charge in [0, 0.05) is 19.3 Å². The van der Waals surface area contributed by atoms with Crippen LogP contribution in [0.1, 0.15) is 259 Å². The van der Waals surface area contributed by atoms with Crippen LogP contribution in [0, 0.1) is 5.92 Å². The van der Waals surface area contributed by atoms with Gasteiger partial charge in [0.25, 0.3) is 0 Å². The van der Waals surface area contributed by atoms with E-state index in [2.05, 4.69) is 26.1 Å². The van der Waals surface area contributed by atoms with Gasteiger partial charge >= 0.3 is 12.1 Å². The molecule has 2 unspecified atom stereocenters. The highest BCUT2D eigenvalue weighted by molar-refractivity contribution is 5.77. The molecule has 0 aromatic carbocycles. The van der Waals surface area contributed by atoms with Crippen molar-refractivity contribution in [3.63, 3.8) is 0 Å². The number of nitrogens with one attached hydrogen (secondary N) is 1. The molecular formula is C48H95N2O5+. The maximum absolute atomic E-state index is 13.2. The molecule has 0 saturated heterocycles. The fraction of sp³-hybridized carbons (Fsp3) is 0.938. The van der Waals surface area contributed by atoms with Crippen molar-refractivity contribution in [2.45, 2.75) is 271 Å². The lowest BCUT2D eigenvalue weighted by atomic mass is 10.0. The van der Waals surface area contributed by atoms with Crippen LogP contribution >= 0.6 is 0 Å². The highest BCUT2D eigenvalue weighted by Crippen LogP contribution is 2.21. The molecule has 0 radical (unpaired) electrons. The molecule has 2 N–H and O–H groups in total. The summed E-state index contributed by atoms with van der Waals surface area (Å²) < 4.78 is 5.29. The van der Waals surface area contributed by atoms with Crippen LogP contribution in [0.25, 0.3) is 0 Å². The zero-order valence-electron chi connectivity index (χ0n) is 37.7. The Bertz CT molecular complexity index is 892. The van der Waals surface area contributed by atoms with Crippen molar-refractivity contribution in [3.05, 3.63) is 0 Å². The SMILES string of the molecule is CCCCCCCCCCCCCCCCCCCCCC(=O)NC(CC)OC(=O)[N+](C)(C)C(CCCCCCCCCCCCCCCC(C)C)C(=O)O. The molecular weight excluding hydrogens is 685 g/mol. The first-order valence-electron chi connectivity index (χ1n) is 24.1. The first kappa shape index (κ1) is 53.4. The van der Waals surface area contributed by atoms with Gasteiger partial charge in [0.2, 0.25) is 5.91 Å². The number of quaternary nitrogens is 1. The summed E-state index contributed by atoms with van der Waals surface area (Å²) in [6.07, 6.45) is 42.4. The molecule has 0 spiro atoms. The average molecular weight is 780 g/mol. The predicted octanol–water partition coefficient (Wildman–Crippen LogP) is 14.8. The van der Waals surface area contributed by atoms with E-state index in [1.807, 2.05) is 6.92 Å². The molecule has 55 heavy (non-hydrogen) atoms. The average Bonchev–Trinajstić information content (AvgIpc) is 3.14. The van der Waals surface area contributed by atoms with E-state index in [0.717, 1.165) is 44.4 Å². The van der Waals surface area contributed by atoms with Gasteiger partial charge in [-0.25, -0.2) is 9.28 Å². The summed E-state index contributed by atoms with van der Waals surface area (Å²) in [5.41, 5.74) is 0. The largest absolute Gasteiger partial charge is 0.518 e. The monoisotopic (exact) mass is 780 g/mol. The van der Waals surface area contributed by atoms with Crippen molar-refractivity contribution in [2.24, 2.45) is 5.92 Å². The lowest BCUT2D eigenvalue weighted by molar-refractivity contribution is -0.836. The molecule has 7 heteroatoms. The van der Waals surface area contributed by atoms with Crippen molar-refractivity contribution in [3.8, 4) is 0 Å². The number of nitrogens with zero attached hydrogens (tertiary/aromatic N) is 1. The number of carboxylic acid groups (broad SMARTS) is 1. The number of hydrogen-bond acceptors (Lipinski definition) is 4. The lowest BCUT2D eigenvalue weighted by Gasteiger charge is -2.32. The predicted molar refractivity (Wildman–Crippen MR) is 234 cm³/mol. The van der Waals surface area contributed by atoms with Crippen LogP contribution in [0.15, 0.2) is 0 Å². The zero-order valence-corrected chi connectivity index (χ0v) is 37.7. The second-order valence-electron chi connectivity index (χ2n) is 17.9. The summed E-state index contributed by atoms with van der Waals surface area (Å²) in [5, 5.41) is 12.9. The van der Waals surface area contributed by atoms with Crippen LogP contribution in [-0.4, -0.2) is 53.9 Å². The highest BCUT2D eigenvalue weighted by atomic mass is 16.6. The van der Waals surface area contributed by atoms with Gasteiger partial charge in [-0.1, -0.05) is 227 Å². The molecule has 0 bridgehead atoms. The summed E-state index contributed by atoms with van der Waals surface area (Å²) in [5.74, 6) is -0.265. The van der Waals surface area contributed by atoms with E-state index >= 15 is 0 Å². The van der Waals surface area contributed by atoms with E-state index in [9.17, 15) is 19.5 Å². The second-order valence-corrected chi connectivity index (χ2v) is 17.9. The number of carboxylic acids is 1. The number of rotatable bonds is 41. The molecule has 0 aromatic heterocycles. The maximum atomic E-state index is 13.2. The van der Waals surface area contributed by atoms with Gasteiger partial charge in [-0.3, -0.25) is 4.79 Å². The summed E-state index contributed by atoms with van der Waals surface area (Å²) in [4.78, 5) is 38.1. The number of carbonyl (C=O) groups is 3. The van der Waals surface area contributed by atoms with Crippen LogP contribution in [-0.2, 0) is 14.3 Å². The van der Waals surface area contributed by atoms with Crippen molar-refractivity contribution in [1.82, 2.24) is 5.32 Å². The van der Waals surface area contributed by atoms with Crippen LogP contribution < -0.4 is 5.32 Å². The Morgan fingerprint density at radius 2 is 0.836 bits per heavy atom. The Labute approximate surface area is 342 Å². The molecule has 0 aliphatic rings. The fourth-order valence-electron chi connectivity index (χ4n) is 7.77. The molecule has 0 aliphatic heterocycles. The molecule has 0 aromatic rings. The highest BCUT2D eigenvalue weighted by Gasteiger charge is 2.43. The van der Waals surface area contributed by atoms with E-state index in [4.69, 9.17) is 4.74 Å². The van der Waals surface area contributed by atoms with Crippen LogP contribution in [0.4, 0.5) is 4.79 Å². The summed E-state index contributed by atoms with van der Waals surface area (Å²) in [6, 6.07) is -0.879. The van der Waals surface area contributed by atoms with Crippen molar-refractivity contribution >= 4 is 18.0 Å². The molecule has 7 nitrogen and oxygen atoms in total. The van der Waals surface area contributed by atoms with E-state index in [1.54, 1.807) is 14.1 Å². The van der Waals surface area contributed by atoms with Gasteiger partial charge < -0.3 is 15.2 Å². The van der Waals surface area contributed by atoms with Crippen molar-refractivity contribution < 1.29 is 28.7 Å². The lowest BCUT2D eigenvalue weighted by Crippen LogP contribution is -2.58. The molecule has 2 amide bonds. The number of likely N-dealkylation sites (N-methyl/N-ethyl adjacent to an activating group) is 1. The number of carbonyl (C=O) groups excluding carboxylic acids is 2. The first-order chi connectivity index (χ1) is 26.6. The molecule has 0 heterocycles. The summed E-state index contributed by atoms with van der Waals surface area (Å²) in [6.45, 7) is 8.76. The molecule has 0 saturated carbocycles. The van der Waals surface area contributed by atoms with Gasteiger partial charge in [-0.05, 0) is 18.8 Å². The summed E-state index contributed by atoms with van der Waals surface area (Å²) in [7, 11) is 3.22. The van der Waals surface area contributed by atoms with E-state index in [1.165, 1.54) is 173 Å².